The highest BCUT2D eigenvalue weighted by Gasteiger charge is 2.64. The second kappa shape index (κ2) is 6.64. The number of rotatable bonds is 3. The van der Waals surface area contributed by atoms with Crippen molar-refractivity contribution in [3.8, 4) is 0 Å². The maximum absolute atomic E-state index is 12.9. The molecule has 2 aromatic rings. The summed E-state index contributed by atoms with van der Waals surface area (Å²) in [5, 5.41) is 12.9. The smallest absolute Gasteiger partial charge is 0.373 e. The number of carbonyl (C=O) groups is 2. The van der Waals surface area contributed by atoms with E-state index in [2.05, 4.69) is 26.2 Å². The third kappa shape index (κ3) is 3.42. The zero-order valence-electron chi connectivity index (χ0n) is 15.2. The van der Waals surface area contributed by atoms with Crippen molar-refractivity contribution in [1.29, 1.82) is 0 Å². The average molecular weight is 492 g/mol. The Kier molecular flexibility index (Phi) is 4.71. The third-order valence-electron chi connectivity index (χ3n) is 5.78. The number of nitrogens with zero attached hydrogens (tertiary/aromatic N) is 2. The molecule has 1 aromatic heterocycles. The number of aliphatic hydroxyl groups is 1. The summed E-state index contributed by atoms with van der Waals surface area (Å²) in [6, 6.07) is 5.61. The van der Waals surface area contributed by atoms with E-state index in [0.717, 1.165) is 19.6 Å². The van der Waals surface area contributed by atoms with Gasteiger partial charge in [-0.05, 0) is 43.9 Å². The van der Waals surface area contributed by atoms with Crippen LogP contribution in [0, 0.1) is 11.3 Å². The van der Waals surface area contributed by atoms with Crippen LogP contribution in [0.15, 0.2) is 22.7 Å². The first-order valence-corrected chi connectivity index (χ1v) is 10.5. The van der Waals surface area contributed by atoms with Gasteiger partial charge in [0.05, 0.1) is 15.6 Å². The second-order valence-electron chi connectivity index (χ2n) is 7.71. The van der Waals surface area contributed by atoms with Gasteiger partial charge in [-0.25, -0.2) is 4.98 Å². The molecule has 3 atom stereocenters. The van der Waals surface area contributed by atoms with Gasteiger partial charge in [-0.15, -0.1) is 0 Å². The van der Waals surface area contributed by atoms with E-state index >= 15 is 0 Å². The minimum atomic E-state index is -5.05. The lowest BCUT2D eigenvalue weighted by molar-refractivity contribution is -0.250. The number of nitrogens with one attached hydrogen (secondary N) is 1. The number of likely N-dealkylation sites (tertiary alicyclic amines) is 1. The van der Waals surface area contributed by atoms with Crippen LogP contribution in [-0.4, -0.2) is 51.7 Å². The monoisotopic (exact) mass is 491 g/mol. The van der Waals surface area contributed by atoms with Crippen LogP contribution < -0.4 is 5.32 Å². The van der Waals surface area contributed by atoms with Gasteiger partial charge in [-0.1, -0.05) is 27.3 Å². The first kappa shape index (κ1) is 20.5. The Morgan fingerprint density at radius 1 is 1.41 bits per heavy atom. The Balaban J connectivity index is 1.43. The van der Waals surface area contributed by atoms with E-state index < -0.39 is 23.1 Å². The van der Waals surface area contributed by atoms with Crippen molar-refractivity contribution in [3.05, 3.63) is 22.7 Å². The maximum atomic E-state index is 12.9. The number of aromatic nitrogens is 1. The van der Waals surface area contributed by atoms with Crippen molar-refractivity contribution < 1.29 is 27.9 Å². The number of thiazole rings is 1. The molecule has 2 heterocycles. The molecule has 0 radical (unpaired) electrons. The van der Waals surface area contributed by atoms with E-state index in [1.54, 1.807) is 0 Å². The molecule has 1 saturated carbocycles. The highest BCUT2D eigenvalue weighted by atomic mass is 79.9. The lowest BCUT2D eigenvalue weighted by Crippen LogP contribution is -2.58. The van der Waals surface area contributed by atoms with Crippen LogP contribution in [0.5, 0.6) is 0 Å². The van der Waals surface area contributed by atoms with Gasteiger partial charge in [0, 0.05) is 17.6 Å². The zero-order valence-corrected chi connectivity index (χ0v) is 17.6. The van der Waals surface area contributed by atoms with Crippen molar-refractivity contribution in [1.82, 2.24) is 9.88 Å². The number of hydrogen-bond donors (Lipinski definition) is 2. The molecule has 156 valence electrons. The Morgan fingerprint density at radius 3 is 2.79 bits per heavy atom. The molecule has 4 rings (SSSR count). The largest absolute Gasteiger partial charge is 0.426 e. The topological polar surface area (TPSA) is 82.5 Å². The van der Waals surface area contributed by atoms with Crippen LogP contribution in [0.4, 0.5) is 18.3 Å². The Labute approximate surface area is 176 Å². The van der Waals surface area contributed by atoms with Crippen molar-refractivity contribution in [2.75, 3.05) is 18.4 Å². The molecule has 11 heteroatoms. The van der Waals surface area contributed by atoms with Crippen LogP contribution in [-0.2, 0) is 9.59 Å². The molecule has 1 saturated heterocycles. The van der Waals surface area contributed by atoms with Gasteiger partial charge in [0.2, 0.25) is 11.5 Å². The maximum Gasteiger partial charge on any atom is 0.426 e. The minimum absolute atomic E-state index is 0.0121. The summed E-state index contributed by atoms with van der Waals surface area (Å²) in [6.07, 6.45) is -4.31. The molecule has 0 bridgehead atoms. The Bertz CT molecular complexity index is 1010. The van der Waals surface area contributed by atoms with Crippen molar-refractivity contribution in [2.24, 2.45) is 11.3 Å². The standard InChI is InChI=1S/C18H17BrF3N3O3S/c1-16(28,18(20,21)22)14(27)25-5-4-17(7-9(17)8-25)13(26)24-15-23-11-6-10(19)2-3-12(11)29-15/h2-3,6,9,28H,4-5,7-8H2,1H3,(H,23,24,26). The second-order valence-corrected chi connectivity index (χ2v) is 9.66. The summed E-state index contributed by atoms with van der Waals surface area (Å²) in [6.45, 7) is 0.468. The van der Waals surface area contributed by atoms with Crippen molar-refractivity contribution in [3.63, 3.8) is 0 Å². The van der Waals surface area contributed by atoms with E-state index in [4.69, 9.17) is 0 Å². The molecular weight excluding hydrogens is 475 g/mol. The van der Waals surface area contributed by atoms with Gasteiger partial charge in [-0.2, -0.15) is 13.2 Å². The molecule has 6 nitrogen and oxygen atoms in total. The number of alkyl halides is 3. The number of carbonyl (C=O) groups excluding carboxylic acids is 2. The lowest BCUT2D eigenvalue weighted by atomic mass is 9.92. The summed E-state index contributed by atoms with van der Waals surface area (Å²) in [4.78, 5) is 30.4. The zero-order chi connectivity index (χ0) is 21.2. The molecule has 0 spiro atoms. The fourth-order valence-electron chi connectivity index (χ4n) is 3.80. The molecule has 29 heavy (non-hydrogen) atoms. The van der Waals surface area contributed by atoms with E-state index in [1.165, 1.54) is 11.3 Å². The van der Waals surface area contributed by atoms with E-state index in [9.17, 15) is 27.9 Å². The fourth-order valence-corrected chi connectivity index (χ4v) is 4.99. The Morgan fingerprint density at radius 2 is 2.14 bits per heavy atom. The molecule has 1 aliphatic heterocycles. The average Bonchev–Trinajstić information content (AvgIpc) is 3.25. The van der Waals surface area contributed by atoms with Crippen LogP contribution >= 0.6 is 27.3 Å². The van der Waals surface area contributed by atoms with E-state index in [0.29, 0.717) is 18.5 Å². The predicted molar refractivity (Wildman–Crippen MR) is 104 cm³/mol. The summed E-state index contributed by atoms with van der Waals surface area (Å²) < 4.78 is 40.6. The van der Waals surface area contributed by atoms with Gasteiger partial charge in [0.25, 0.3) is 5.91 Å². The molecule has 2 amide bonds. The minimum Gasteiger partial charge on any atom is -0.373 e. The molecule has 2 N–H and O–H groups in total. The lowest BCUT2D eigenvalue weighted by Gasteiger charge is -2.36. The van der Waals surface area contributed by atoms with Gasteiger partial charge < -0.3 is 15.3 Å². The number of piperidine rings is 1. The fraction of sp³-hybridized carbons (Fsp3) is 0.500. The van der Waals surface area contributed by atoms with Gasteiger partial charge in [0.1, 0.15) is 0 Å². The number of amides is 2. The molecular formula is C18H17BrF3N3O3S. The van der Waals surface area contributed by atoms with Crippen LogP contribution in [0.25, 0.3) is 10.2 Å². The number of anilines is 1. The van der Waals surface area contributed by atoms with Crippen molar-refractivity contribution in [2.45, 2.75) is 31.5 Å². The molecule has 1 aliphatic carbocycles. The number of hydrogen-bond acceptors (Lipinski definition) is 5. The quantitative estimate of drug-likeness (QED) is 0.687. The predicted octanol–water partition coefficient (Wildman–Crippen LogP) is 3.55. The normalized spacial score (nSPS) is 26.0. The molecule has 3 unspecified atom stereocenters. The molecule has 2 aliphatic rings. The van der Waals surface area contributed by atoms with E-state index in [1.807, 2.05) is 18.2 Å². The summed E-state index contributed by atoms with van der Waals surface area (Å²) in [7, 11) is 0. The Hall–Kier alpha value is -1.72. The van der Waals surface area contributed by atoms with Gasteiger partial charge in [0.15, 0.2) is 5.13 Å². The van der Waals surface area contributed by atoms with Crippen LogP contribution in [0.1, 0.15) is 19.8 Å². The van der Waals surface area contributed by atoms with E-state index in [-0.39, 0.29) is 31.3 Å². The SMILES string of the molecule is CC(O)(C(=O)N1CCC2(C(=O)Nc3nc4cc(Br)ccc4s3)CC2C1)C(F)(F)F. The third-order valence-corrected chi connectivity index (χ3v) is 7.22. The van der Waals surface area contributed by atoms with Gasteiger partial charge in [-0.3, -0.25) is 9.59 Å². The number of halogens is 4. The molecule has 2 fully saturated rings. The summed E-state index contributed by atoms with van der Waals surface area (Å²) in [5.41, 5.74) is -3.38. The highest BCUT2D eigenvalue weighted by molar-refractivity contribution is 9.10. The summed E-state index contributed by atoms with van der Waals surface area (Å²) in [5.74, 6) is -1.83. The highest BCUT2D eigenvalue weighted by Crippen LogP contribution is 2.58. The first-order valence-electron chi connectivity index (χ1n) is 8.90. The first-order chi connectivity index (χ1) is 13.4. The number of benzene rings is 1. The van der Waals surface area contributed by atoms with Crippen LogP contribution in [0.3, 0.4) is 0 Å². The van der Waals surface area contributed by atoms with Gasteiger partial charge >= 0.3 is 6.18 Å². The van der Waals surface area contributed by atoms with Crippen LogP contribution in [0.2, 0.25) is 0 Å². The number of fused-ring (bicyclic) bond motifs is 2. The summed E-state index contributed by atoms with van der Waals surface area (Å²) >= 11 is 4.71. The molecule has 1 aromatic carbocycles. The van der Waals surface area contributed by atoms with Crippen molar-refractivity contribution >= 4 is 54.4 Å².